The number of hydrogen-bond acceptors (Lipinski definition) is 4. The highest BCUT2D eigenvalue weighted by Gasteiger charge is 2.06. The highest BCUT2D eigenvalue weighted by atomic mass is 16.4. The van der Waals surface area contributed by atoms with E-state index in [-0.39, 0.29) is 0 Å². The summed E-state index contributed by atoms with van der Waals surface area (Å²) in [6, 6.07) is 3.77. The van der Waals surface area contributed by atoms with Gasteiger partial charge in [-0.15, -0.1) is 6.42 Å². The van der Waals surface area contributed by atoms with Gasteiger partial charge in [0.05, 0.1) is 13.3 Å². The second-order valence-electron chi connectivity index (χ2n) is 3.69. The molecule has 6 nitrogen and oxygen atoms in total. The minimum Gasteiger partial charge on any atom is -0.539 e. The third-order valence-corrected chi connectivity index (χ3v) is 1.96. The lowest BCUT2D eigenvalue weighted by Gasteiger charge is -2.10. The number of aliphatic carboxylic acids is 2. The lowest BCUT2D eigenvalue weighted by Crippen LogP contribution is -3.08. The summed E-state index contributed by atoms with van der Waals surface area (Å²) < 4.78 is 5.21. The number of quaternary nitrogens is 1. The van der Waals surface area contributed by atoms with Crippen molar-refractivity contribution in [3.8, 4) is 12.3 Å². The maximum atomic E-state index is 9.04. The van der Waals surface area contributed by atoms with Gasteiger partial charge in [-0.05, 0) is 18.1 Å². The Morgan fingerprint density at radius 1 is 1.63 bits per heavy atom. The molecule has 1 atom stereocenters. The van der Waals surface area contributed by atoms with Crippen molar-refractivity contribution < 1.29 is 29.1 Å². The van der Waals surface area contributed by atoms with E-state index < -0.39 is 11.9 Å². The maximum absolute atomic E-state index is 9.04. The molecule has 0 saturated heterocycles. The normalized spacial score (nSPS) is 10.5. The number of likely N-dealkylation sites (N-methyl/N-ethyl adjacent to an activating group) is 1. The molecule has 0 aliphatic carbocycles. The minimum atomic E-state index is -2.07. The topological polar surface area (TPSA) is 95.0 Å². The van der Waals surface area contributed by atoms with Crippen molar-refractivity contribution in [2.45, 2.75) is 0 Å². The van der Waals surface area contributed by atoms with E-state index in [2.05, 4.69) is 12.5 Å². The molecule has 19 heavy (non-hydrogen) atoms. The zero-order chi connectivity index (χ0) is 14.8. The number of carboxylic acids is 2. The van der Waals surface area contributed by atoms with Crippen LogP contribution in [0.5, 0.6) is 0 Å². The van der Waals surface area contributed by atoms with E-state index in [4.69, 9.17) is 30.6 Å². The summed E-state index contributed by atoms with van der Waals surface area (Å²) in [5.74, 6) is -0.556. The predicted octanol–water partition coefficient (Wildman–Crippen LogP) is -1.74. The molecule has 1 aromatic heterocycles. The molecule has 0 aliphatic heterocycles. The molecule has 0 fully saturated rings. The molecule has 0 amide bonds. The first kappa shape index (κ1) is 16.5. The summed E-state index contributed by atoms with van der Waals surface area (Å²) in [5, 5.41) is 16.3. The van der Waals surface area contributed by atoms with Gasteiger partial charge < -0.3 is 24.3 Å². The Morgan fingerprint density at radius 2 is 2.21 bits per heavy atom. The third kappa shape index (κ3) is 7.41. The number of nitrogens with one attached hydrogen (secondary N) is 1. The Kier molecular flexibility index (Phi) is 7.42. The summed E-state index contributed by atoms with van der Waals surface area (Å²) in [6.07, 6.45) is 6.85. The van der Waals surface area contributed by atoms with E-state index >= 15 is 0 Å². The van der Waals surface area contributed by atoms with Crippen LogP contribution in [0, 0.1) is 12.3 Å². The third-order valence-electron chi connectivity index (χ3n) is 1.96. The van der Waals surface area contributed by atoms with Crippen molar-refractivity contribution in [2.75, 3.05) is 20.1 Å². The summed E-state index contributed by atoms with van der Waals surface area (Å²) >= 11 is 0. The van der Waals surface area contributed by atoms with E-state index in [0.29, 0.717) is 6.54 Å². The van der Waals surface area contributed by atoms with Gasteiger partial charge in [-0.3, -0.25) is 0 Å². The SMILES string of the molecule is C#CC[NH+](C)CC(=C)c1ccco1.O=C([O-])C(=O)O. The highest BCUT2D eigenvalue weighted by molar-refractivity contribution is 6.26. The Labute approximate surface area is 110 Å². The van der Waals surface area contributed by atoms with Crippen LogP contribution in [0.3, 0.4) is 0 Å². The predicted molar refractivity (Wildman–Crippen MR) is 65.8 cm³/mol. The maximum Gasteiger partial charge on any atom is 0.351 e. The van der Waals surface area contributed by atoms with Gasteiger partial charge in [0.2, 0.25) is 0 Å². The second kappa shape index (κ2) is 8.55. The highest BCUT2D eigenvalue weighted by Crippen LogP contribution is 2.09. The van der Waals surface area contributed by atoms with Crippen LogP contribution in [0.15, 0.2) is 29.4 Å². The summed E-state index contributed by atoms with van der Waals surface area (Å²) in [5.41, 5.74) is 0.984. The van der Waals surface area contributed by atoms with Crippen LogP contribution in [-0.4, -0.2) is 37.2 Å². The van der Waals surface area contributed by atoms with Crippen LogP contribution in [0.2, 0.25) is 0 Å². The average molecular weight is 265 g/mol. The van der Waals surface area contributed by atoms with Gasteiger partial charge in [0.25, 0.3) is 0 Å². The number of carbonyl (C=O) groups excluding carboxylic acids is 1. The fraction of sp³-hybridized carbons (Fsp3) is 0.231. The monoisotopic (exact) mass is 265 g/mol. The molecular weight excluding hydrogens is 250 g/mol. The number of furan rings is 1. The molecule has 1 unspecified atom stereocenters. The molecule has 1 heterocycles. The Balaban J connectivity index is 0.000000459. The van der Waals surface area contributed by atoms with Gasteiger partial charge in [0.15, 0.2) is 5.97 Å². The summed E-state index contributed by atoms with van der Waals surface area (Å²) in [6.45, 7) is 5.46. The first-order valence-corrected chi connectivity index (χ1v) is 5.29. The zero-order valence-electron chi connectivity index (χ0n) is 10.5. The average Bonchev–Trinajstić information content (AvgIpc) is 2.83. The van der Waals surface area contributed by atoms with Gasteiger partial charge in [0, 0.05) is 5.57 Å². The van der Waals surface area contributed by atoms with Crippen LogP contribution in [0.25, 0.3) is 5.57 Å². The quantitative estimate of drug-likeness (QED) is 0.498. The van der Waals surface area contributed by atoms with Crippen molar-refractivity contribution in [3.63, 3.8) is 0 Å². The molecule has 0 aromatic carbocycles. The molecule has 1 aromatic rings. The van der Waals surface area contributed by atoms with Crippen molar-refractivity contribution in [2.24, 2.45) is 0 Å². The van der Waals surface area contributed by atoms with E-state index in [9.17, 15) is 0 Å². The first-order valence-electron chi connectivity index (χ1n) is 5.29. The molecule has 0 aliphatic rings. The van der Waals surface area contributed by atoms with Gasteiger partial charge in [-0.1, -0.05) is 6.58 Å². The van der Waals surface area contributed by atoms with Crippen LogP contribution in [0.1, 0.15) is 5.76 Å². The van der Waals surface area contributed by atoms with Gasteiger partial charge in [-0.25, -0.2) is 4.79 Å². The number of carboxylic acid groups (broad SMARTS) is 2. The number of hydrogen-bond donors (Lipinski definition) is 2. The van der Waals surface area contributed by atoms with Gasteiger partial charge in [-0.2, -0.15) is 0 Å². The number of rotatable bonds is 4. The van der Waals surface area contributed by atoms with E-state index in [1.807, 2.05) is 19.2 Å². The zero-order valence-corrected chi connectivity index (χ0v) is 10.5. The second-order valence-corrected chi connectivity index (χ2v) is 3.69. The van der Waals surface area contributed by atoms with Crippen molar-refractivity contribution >= 4 is 17.5 Å². The van der Waals surface area contributed by atoms with Crippen LogP contribution >= 0.6 is 0 Å². The fourth-order valence-corrected chi connectivity index (χ4v) is 1.17. The van der Waals surface area contributed by atoms with E-state index in [1.54, 1.807) is 6.26 Å². The molecule has 6 heteroatoms. The van der Waals surface area contributed by atoms with Crippen molar-refractivity contribution in [1.29, 1.82) is 0 Å². The van der Waals surface area contributed by atoms with Crippen molar-refractivity contribution in [1.82, 2.24) is 0 Å². The molecule has 0 bridgehead atoms. The Hall–Kier alpha value is -2.52. The lowest BCUT2D eigenvalue weighted by molar-refractivity contribution is -0.863. The summed E-state index contributed by atoms with van der Waals surface area (Å²) in [7, 11) is 2.04. The molecule has 2 N–H and O–H groups in total. The molecule has 102 valence electrons. The number of terminal acetylenes is 1. The van der Waals surface area contributed by atoms with E-state index in [1.165, 1.54) is 4.90 Å². The largest absolute Gasteiger partial charge is 0.539 e. The summed E-state index contributed by atoms with van der Waals surface area (Å²) in [4.78, 5) is 19.3. The molecule has 1 rings (SSSR count). The van der Waals surface area contributed by atoms with Gasteiger partial charge in [0.1, 0.15) is 18.8 Å². The molecule has 0 saturated carbocycles. The Morgan fingerprint density at radius 3 is 2.58 bits per heavy atom. The first-order chi connectivity index (χ1) is 8.88. The van der Waals surface area contributed by atoms with Gasteiger partial charge >= 0.3 is 5.97 Å². The van der Waals surface area contributed by atoms with Crippen LogP contribution < -0.4 is 10.0 Å². The fourth-order valence-electron chi connectivity index (χ4n) is 1.17. The van der Waals surface area contributed by atoms with Crippen molar-refractivity contribution in [3.05, 3.63) is 30.7 Å². The van der Waals surface area contributed by atoms with E-state index in [0.717, 1.165) is 17.9 Å². The lowest BCUT2D eigenvalue weighted by atomic mass is 10.2. The Bertz CT molecular complexity index is 458. The minimum absolute atomic E-state index is 0.708. The molecular formula is C13H15NO5. The van der Waals surface area contributed by atoms with Crippen LogP contribution in [-0.2, 0) is 9.59 Å². The van der Waals surface area contributed by atoms with Crippen LogP contribution in [0.4, 0.5) is 0 Å². The number of carbonyl (C=O) groups is 2. The smallest absolute Gasteiger partial charge is 0.351 e. The molecule has 0 spiro atoms. The standard InChI is InChI=1S/C11H13NO.C2H2O4/c1-4-7-12(3)9-10(2)11-6-5-8-13-11;3-1(4)2(5)6/h1,5-6,8H,2,7,9H2,3H3;(H,3,4)(H,5,6). The molecule has 0 radical (unpaired) electrons.